The Bertz CT molecular complexity index is 1240. The van der Waals surface area contributed by atoms with E-state index in [4.69, 9.17) is 0 Å². The number of carbonyl (C=O) groups excluding carboxylic acids is 1. The highest BCUT2D eigenvalue weighted by molar-refractivity contribution is 5.95. The number of aromatic amines is 1. The lowest BCUT2D eigenvalue weighted by molar-refractivity contribution is 0.0330. The van der Waals surface area contributed by atoms with Crippen LogP contribution >= 0.6 is 0 Å². The third-order valence-electron chi connectivity index (χ3n) is 6.74. The number of H-pyrrole nitrogens is 1. The molecule has 0 radical (unpaired) electrons. The number of benzene rings is 2. The van der Waals surface area contributed by atoms with Gasteiger partial charge in [-0.3, -0.25) is 14.5 Å². The Morgan fingerprint density at radius 2 is 1.76 bits per heavy atom. The van der Waals surface area contributed by atoms with E-state index in [1.54, 1.807) is 29.2 Å². The van der Waals surface area contributed by atoms with Crippen LogP contribution in [0.25, 0.3) is 10.8 Å². The number of hydrogen-bond donors (Lipinski definition) is 1. The average molecular weight is 465 g/mol. The van der Waals surface area contributed by atoms with Crippen molar-refractivity contribution < 1.29 is 9.18 Å². The van der Waals surface area contributed by atoms with E-state index >= 15 is 0 Å². The van der Waals surface area contributed by atoms with Crippen molar-refractivity contribution in [1.82, 2.24) is 20.0 Å². The van der Waals surface area contributed by atoms with Crippen molar-refractivity contribution in [2.75, 3.05) is 26.2 Å². The molecular formula is C27H33FN4O2. The van der Waals surface area contributed by atoms with Gasteiger partial charge in [0.25, 0.3) is 11.5 Å². The van der Waals surface area contributed by atoms with Crippen LogP contribution in [0.5, 0.6) is 0 Å². The molecule has 0 saturated carbocycles. The number of piperazine rings is 1. The number of nitrogens with zero attached hydrogens (tertiary/aromatic N) is 3. The molecule has 0 bridgehead atoms. The summed E-state index contributed by atoms with van der Waals surface area (Å²) in [6, 6.07) is 11.9. The molecule has 1 aromatic heterocycles. The summed E-state index contributed by atoms with van der Waals surface area (Å²) in [4.78, 5) is 29.5. The van der Waals surface area contributed by atoms with Crippen molar-refractivity contribution in [3.05, 3.63) is 75.5 Å². The van der Waals surface area contributed by atoms with E-state index in [0.29, 0.717) is 36.5 Å². The van der Waals surface area contributed by atoms with Crippen LogP contribution in [0.3, 0.4) is 0 Å². The highest BCUT2D eigenvalue weighted by Gasteiger charge is 2.32. The Morgan fingerprint density at radius 3 is 2.44 bits per heavy atom. The predicted octanol–water partition coefficient (Wildman–Crippen LogP) is 4.24. The summed E-state index contributed by atoms with van der Waals surface area (Å²) in [6.45, 7) is 11.7. The van der Waals surface area contributed by atoms with Gasteiger partial charge in [-0.2, -0.15) is 5.10 Å². The normalized spacial score (nSPS) is 15.3. The summed E-state index contributed by atoms with van der Waals surface area (Å²) in [5.41, 5.74) is 1.36. The minimum Gasteiger partial charge on any atom is -0.336 e. The molecule has 1 fully saturated rings. The number of hydrogen-bond acceptors (Lipinski definition) is 4. The summed E-state index contributed by atoms with van der Waals surface area (Å²) < 4.78 is 14.7. The Hall–Kier alpha value is -3.06. The molecule has 2 heterocycles. The molecule has 0 spiro atoms. The monoisotopic (exact) mass is 464 g/mol. The lowest BCUT2D eigenvalue weighted by atomic mass is 9.90. The van der Waals surface area contributed by atoms with E-state index in [1.807, 2.05) is 12.1 Å². The number of rotatable bonds is 6. The second kappa shape index (κ2) is 9.66. The second-order valence-electron chi connectivity index (χ2n) is 10.2. The van der Waals surface area contributed by atoms with Gasteiger partial charge in [-0.05, 0) is 49.9 Å². The Labute approximate surface area is 199 Å². The lowest BCUT2D eigenvalue weighted by Gasteiger charge is -2.45. The predicted molar refractivity (Wildman–Crippen MR) is 133 cm³/mol. The Balaban J connectivity index is 1.51. The highest BCUT2D eigenvalue weighted by atomic mass is 19.1. The van der Waals surface area contributed by atoms with Gasteiger partial charge in [0.05, 0.1) is 16.6 Å². The molecule has 3 aromatic rings. The molecule has 0 unspecified atom stereocenters. The van der Waals surface area contributed by atoms with Crippen molar-refractivity contribution in [2.24, 2.45) is 5.92 Å². The molecule has 34 heavy (non-hydrogen) atoms. The number of carbonyl (C=O) groups is 1. The lowest BCUT2D eigenvalue weighted by Crippen LogP contribution is -2.56. The van der Waals surface area contributed by atoms with E-state index in [9.17, 15) is 14.0 Å². The van der Waals surface area contributed by atoms with Gasteiger partial charge in [-0.25, -0.2) is 9.49 Å². The van der Waals surface area contributed by atoms with Crippen molar-refractivity contribution in [2.45, 2.75) is 46.1 Å². The highest BCUT2D eigenvalue weighted by Crippen LogP contribution is 2.26. The standard InChI is InChI=1S/C27H33FN4O2/c1-18(2)17-27(3,4)32-13-11-31(12-14-32)26(34)22-15-19(9-10-23(22)28)16-24-20-7-5-6-8-21(20)25(33)30-29-24/h5-10,15,18H,11-14,16-17H2,1-4H3,(H,30,33). The third kappa shape index (κ3) is 5.04. The van der Waals surface area contributed by atoms with Gasteiger partial charge >= 0.3 is 0 Å². The summed E-state index contributed by atoms with van der Waals surface area (Å²) in [7, 11) is 0. The van der Waals surface area contributed by atoms with Crippen LogP contribution in [0.4, 0.5) is 4.39 Å². The third-order valence-corrected chi connectivity index (χ3v) is 6.74. The van der Waals surface area contributed by atoms with Crippen molar-refractivity contribution in [1.29, 1.82) is 0 Å². The maximum Gasteiger partial charge on any atom is 0.272 e. The number of fused-ring (bicyclic) bond motifs is 1. The zero-order valence-corrected chi connectivity index (χ0v) is 20.4. The molecule has 1 amide bonds. The van der Waals surface area contributed by atoms with Gasteiger partial charge in [0.2, 0.25) is 0 Å². The van der Waals surface area contributed by atoms with E-state index in [0.717, 1.165) is 30.5 Å². The van der Waals surface area contributed by atoms with Crippen LogP contribution in [0, 0.1) is 11.7 Å². The van der Waals surface area contributed by atoms with Gasteiger partial charge in [-0.1, -0.05) is 38.1 Å². The fraction of sp³-hybridized carbons (Fsp3) is 0.444. The number of aromatic nitrogens is 2. The molecular weight excluding hydrogens is 431 g/mol. The number of halogens is 1. The van der Waals surface area contributed by atoms with E-state index in [-0.39, 0.29) is 22.6 Å². The molecule has 6 nitrogen and oxygen atoms in total. The SMILES string of the molecule is CC(C)CC(C)(C)N1CCN(C(=O)c2cc(Cc3n[nH]c(=O)c4ccccc34)ccc2F)CC1. The average Bonchev–Trinajstić information content (AvgIpc) is 2.81. The fourth-order valence-electron chi connectivity index (χ4n) is 5.16. The first-order valence-corrected chi connectivity index (χ1v) is 11.9. The molecule has 1 saturated heterocycles. The first-order valence-electron chi connectivity index (χ1n) is 11.9. The quantitative estimate of drug-likeness (QED) is 0.593. The van der Waals surface area contributed by atoms with E-state index in [2.05, 4.69) is 42.8 Å². The van der Waals surface area contributed by atoms with Gasteiger partial charge in [0.15, 0.2) is 0 Å². The molecule has 7 heteroatoms. The van der Waals surface area contributed by atoms with Gasteiger partial charge in [-0.15, -0.1) is 0 Å². The second-order valence-corrected chi connectivity index (χ2v) is 10.2. The topological polar surface area (TPSA) is 69.3 Å². The molecule has 1 N–H and O–H groups in total. The molecule has 1 aliphatic rings. The Morgan fingerprint density at radius 1 is 1.09 bits per heavy atom. The maximum atomic E-state index is 14.7. The minimum atomic E-state index is -0.518. The maximum absolute atomic E-state index is 14.7. The largest absolute Gasteiger partial charge is 0.336 e. The number of amides is 1. The van der Waals surface area contributed by atoms with E-state index in [1.165, 1.54) is 6.07 Å². The van der Waals surface area contributed by atoms with E-state index < -0.39 is 5.82 Å². The summed E-state index contributed by atoms with van der Waals surface area (Å²) in [5.74, 6) is -0.198. The molecule has 180 valence electrons. The first kappa shape index (κ1) is 24.1. The first-order chi connectivity index (χ1) is 16.2. The fourth-order valence-corrected chi connectivity index (χ4v) is 5.16. The van der Waals surface area contributed by atoms with Gasteiger partial charge < -0.3 is 4.90 Å². The van der Waals surface area contributed by atoms with Crippen LogP contribution in [0.1, 0.15) is 55.7 Å². The van der Waals surface area contributed by atoms with Gasteiger partial charge in [0.1, 0.15) is 5.82 Å². The summed E-state index contributed by atoms with van der Waals surface area (Å²) in [6.07, 6.45) is 1.47. The molecule has 0 aliphatic carbocycles. The summed E-state index contributed by atoms with van der Waals surface area (Å²) >= 11 is 0. The molecule has 0 atom stereocenters. The summed E-state index contributed by atoms with van der Waals surface area (Å²) in [5, 5.41) is 8.05. The molecule has 2 aromatic carbocycles. The molecule has 4 rings (SSSR count). The van der Waals surface area contributed by atoms with Crippen molar-refractivity contribution >= 4 is 16.7 Å². The van der Waals surface area contributed by atoms with Gasteiger partial charge in [0, 0.05) is 43.5 Å². The van der Waals surface area contributed by atoms with Crippen LogP contribution in [-0.4, -0.2) is 57.6 Å². The molecule has 1 aliphatic heterocycles. The zero-order chi connectivity index (χ0) is 24.5. The van der Waals surface area contributed by atoms with Crippen LogP contribution in [0.15, 0.2) is 47.3 Å². The van der Waals surface area contributed by atoms with Crippen molar-refractivity contribution in [3.63, 3.8) is 0 Å². The van der Waals surface area contributed by atoms with Crippen molar-refractivity contribution in [3.8, 4) is 0 Å². The zero-order valence-electron chi connectivity index (χ0n) is 20.4. The Kier molecular flexibility index (Phi) is 6.84. The van der Waals surface area contributed by atoms with Crippen LogP contribution in [-0.2, 0) is 6.42 Å². The number of nitrogens with one attached hydrogen (secondary N) is 1. The van der Waals surface area contributed by atoms with Crippen LogP contribution < -0.4 is 5.56 Å². The minimum absolute atomic E-state index is 0.0703. The smallest absolute Gasteiger partial charge is 0.272 e. The van der Waals surface area contributed by atoms with Crippen LogP contribution in [0.2, 0.25) is 0 Å².